The molecule has 3 nitrogen and oxygen atoms in total. The van der Waals surface area contributed by atoms with E-state index in [4.69, 9.17) is 0 Å². The van der Waals surface area contributed by atoms with E-state index in [1.807, 2.05) is 11.4 Å². The van der Waals surface area contributed by atoms with Gasteiger partial charge >= 0.3 is 0 Å². The molecule has 0 aliphatic heterocycles. The Hall–Kier alpha value is -1.55. The number of carbonyl (C=O) groups is 1. The molecule has 0 aromatic carbocycles. The zero-order valence-electron chi connectivity index (χ0n) is 6.68. The molecule has 0 spiro atoms. The molecule has 0 saturated heterocycles. The standard InChI is InChI=1S/C9H6N2OS/c12-9(8-2-1-5-13-8)7-6-10-3-4-11-7/h1-6H. The van der Waals surface area contributed by atoms with Gasteiger partial charge in [0, 0.05) is 12.4 Å². The Labute approximate surface area is 79.1 Å². The van der Waals surface area contributed by atoms with Crippen LogP contribution in [0, 0.1) is 0 Å². The van der Waals surface area contributed by atoms with Crippen LogP contribution in [-0.2, 0) is 0 Å². The van der Waals surface area contributed by atoms with E-state index in [2.05, 4.69) is 9.97 Å². The number of carbonyl (C=O) groups excluding carboxylic acids is 1. The number of aromatic nitrogens is 2. The first-order valence-electron chi connectivity index (χ1n) is 3.72. The van der Waals surface area contributed by atoms with Crippen LogP contribution < -0.4 is 0 Å². The number of nitrogens with zero attached hydrogens (tertiary/aromatic N) is 2. The molecule has 2 aromatic rings. The van der Waals surface area contributed by atoms with E-state index in [1.54, 1.807) is 12.3 Å². The second-order valence-corrected chi connectivity index (χ2v) is 3.34. The van der Waals surface area contributed by atoms with Crippen molar-refractivity contribution in [3.05, 3.63) is 46.7 Å². The average molecular weight is 190 g/mol. The first kappa shape index (κ1) is 8.07. The van der Waals surface area contributed by atoms with Crippen molar-refractivity contribution in [3.63, 3.8) is 0 Å². The van der Waals surface area contributed by atoms with Crippen molar-refractivity contribution in [1.82, 2.24) is 9.97 Å². The van der Waals surface area contributed by atoms with Crippen molar-refractivity contribution < 1.29 is 4.79 Å². The molecular formula is C9H6N2OS. The predicted molar refractivity (Wildman–Crippen MR) is 49.8 cm³/mol. The third-order valence-corrected chi connectivity index (χ3v) is 2.41. The lowest BCUT2D eigenvalue weighted by atomic mass is 10.2. The molecular weight excluding hydrogens is 184 g/mol. The topological polar surface area (TPSA) is 42.9 Å². The van der Waals surface area contributed by atoms with E-state index in [0.29, 0.717) is 10.6 Å². The van der Waals surface area contributed by atoms with Gasteiger partial charge in [-0.1, -0.05) is 6.07 Å². The second-order valence-electron chi connectivity index (χ2n) is 2.40. The lowest BCUT2D eigenvalue weighted by Gasteiger charge is -1.93. The number of hydrogen-bond acceptors (Lipinski definition) is 4. The Morgan fingerprint density at radius 2 is 2.31 bits per heavy atom. The highest BCUT2D eigenvalue weighted by molar-refractivity contribution is 7.12. The van der Waals surface area contributed by atoms with Gasteiger partial charge in [-0.3, -0.25) is 9.78 Å². The molecule has 0 N–H and O–H groups in total. The SMILES string of the molecule is O=C(c1cnccn1)c1cccs1. The van der Waals surface area contributed by atoms with Crippen LogP contribution in [0.25, 0.3) is 0 Å². The Bertz CT molecular complexity index is 397. The van der Waals surface area contributed by atoms with E-state index in [9.17, 15) is 4.79 Å². The third-order valence-electron chi connectivity index (χ3n) is 1.54. The minimum absolute atomic E-state index is 0.0666. The molecule has 0 radical (unpaired) electrons. The molecule has 4 heteroatoms. The molecule has 0 aliphatic rings. The fraction of sp³-hybridized carbons (Fsp3) is 0. The van der Waals surface area contributed by atoms with Gasteiger partial charge in [0.2, 0.25) is 5.78 Å². The van der Waals surface area contributed by atoms with Crippen molar-refractivity contribution >= 4 is 17.1 Å². The number of hydrogen-bond donors (Lipinski definition) is 0. The van der Waals surface area contributed by atoms with Gasteiger partial charge in [-0.2, -0.15) is 0 Å². The first-order chi connectivity index (χ1) is 6.38. The summed E-state index contributed by atoms with van der Waals surface area (Å²) in [5.41, 5.74) is 0.393. The highest BCUT2D eigenvalue weighted by Gasteiger charge is 2.10. The molecule has 2 rings (SSSR count). The van der Waals surface area contributed by atoms with Gasteiger partial charge in [-0.15, -0.1) is 11.3 Å². The van der Waals surface area contributed by atoms with Gasteiger partial charge in [0.25, 0.3) is 0 Å². The summed E-state index contributed by atoms with van der Waals surface area (Å²) in [6.45, 7) is 0. The van der Waals surface area contributed by atoms with Gasteiger partial charge in [0.1, 0.15) is 5.69 Å². The van der Waals surface area contributed by atoms with E-state index in [-0.39, 0.29) is 5.78 Å². The van der Waals surface area contributed by atoms with E-state index >= 15 is 0 Å². The van der Waals surface area contributed by atoms with Crippen LogP contribution in [0.5, 0.6) is 0 Å². The van der Waals surface area contributed by atoms with E-state index < -0.39 is 0 Å². The molecule has 0 aliphatic carbocycles. The molecule has 0 bridgehead atoms. The Morgan fingerprint density at radius 1 is 1.38 bits per heavy atom. The maximum atomic E-state index is 11.6. The first-order valence-corrected chi connectivity index (χ1v) is 4.60. The fourth-order valence-electron chi connectivity index (χ4n) is 0.950. The van der Waals surface area contributed by atoms with Gasteiger partial charge in [0.15, 0.2) is 0 Å². The molecule has 0 amide bonds. The summed E-state index contributed by atoms with van der Waals surface area (Å²) >= 11 is 1.41. The Morgan fingerprint density at radius 3 is 2.92 bits per heavy atom. The number of rotatable bonds is 2. The van der Waals surface area contributed by atoms with Gasteiger partial charge in [-0.05, 0) is 11.4 Å². The molecule has 64 valence electrons. The summed E-state index contributed by atoms with van der Waals surface area (Å²) in [5, 5.41) is 1.86. The van der Waals surface area contributed by atoms with Crippen LogP contribution in [0.3, 0.4) is 0 Å². The van der Waals surface area contributed by atoms with Gasteiger partial charge < -0.3 is 0 Å². The van der Waals surface area contributed by atoms with Crippen molar-refractivity contribution in [2.75, 3.05) is 0 Å². The highest BCUT2D eigenvalue weighted by atomic mass is 32.1. The number of thiophene rings is 1. The van der Waals surface area contributed by atoms with Crippen LogP contribution in [0.15, 0.2) is 36.1 Å². The average Bonchev–Trinajstić information content (AvgIpc) is 2.71. The summed E-state index contributed by atoms with van der Waals surface area (Å²) in [7, 11) is 0. The minimum atomic E-state index is -0.0666. The molecule has 0 saturated carbocycles. The third kappa shape index (κ3) is 1.62. The minimum Gasteiger partial charge on any atom is -0.286 e. The van der Waals surface area contributed by atoms with Crippen molar-refractivity contribution in [3.8, 4) is 0 Å². The zero-order valence-corrected chi connectivity index (χ0v) is 7.49. The predicted octanol–water partition coefficient (Wildman–Crippen LogP) is 1.77. The molecule has 0 atom stereocenters. The fourth-order valence-corrected chi connectivity index (χ4v) is 1.62. The van der Waals surface area contributed by atoms with Crippen LogP contribution in [0.2, 0.25) is 0 Å². The maximum absolute atomic E-state index is 11.6. The van der Waals surface area contributed by atoms with Gasteiger partial charge in [-0.25, -0.2) is 4.98 Å². The summed E-state index contributed by atoms with van der Waals surface area (Å²) in [5.74, 6) is -0.0666. The molecule has 2 heterocycles. The van der Waals surface area contributed by atoms with Crippen LogP contribution in [-0.4, -0.2) is 15.8 Å². The van der Waals surface area contributed by atoms with Crippen LogP contribution in [0.1, 0.15) is 15.4 Å². The van der Waals surface area contributed by atoms with Gasteiger partial charge in [0.05, 0.1) is 11.1 Å². The molecule has 0 unspecified atom stereocenters. The second kappa shape index (κ2) is 3.45. The lowest BCUT2D eigenvalue weighted by molar-refractivity contribution is 0.103. The molecule has 13 heavy (non-hydrogen) atoms. The lowest BCUT2D eigenvalue weighted by Crippen LogP contribution is -2.01. The maximum Gasteiger partial charge on any atom is 0.222 e. The smallest absolute Gasteiger partial charge is 0.222 e. The molecule has 2 aromatic heterocycles. The Balaban J connectivity index is 2.34. The quantitative estimate of drug-likeness (QED) is 0.678. The summed E-state index contributed by atoms with van der Waals surface area (Å²) in [4.78, 5) is 20.1. The van der Waals surface area contributed by atoms with Crippen LogP contribution in [0.4, 0.5) is 0 Å². The summed E-state index contributed by atoms with van der Waals surface area (Å²) < 4.78 is 0. The van der Waals surface area contributed by atoms with Crippen molar-refractivity contribution in [2.45, 2.75) is 0 Å². The van der Waals surface area contributed by atoms with Crippen molar-refractivity contribution in [1.29, 1.82) is 0 Å². The Kier molecular flexibility index (Phi) is 2.14. The van der Waals surface area contributed by atoms with E-state index in [0.717, 1.165) is 0 Å². The normalized spacial score (nSPS) is 9.85. The van der Waals surface area contributed by atoms with Crippen LogP contribution >= 0.6 is 11.3 Å². The number of ketones is 1. The molecule has 0 fully saturated rings. The zero-order chi connectivity index (χ0) is 9.10. The van der Waals surface area contributed by atoms with E-state index in [1.165, 1.54) is 23.7 Å². The summed E-state index contributed by atoms with van der Waals surface area (Å²) in [6.07, 6.45) is 4.54. The highest BCUT2D eigenvalue weighted by Crippen LogP contribution is 2.12. The monoisotopic (exact) mass is 190 g/mol. The van der Waals surface area contributed by atoms with Crippen molar-refractivity contribution in [2.24, 2.45) is 0 Å². The summed E-state index contributed by atoms with van der Waals surface area (Å²) in [6, 6.07) is 3.62. The largest absolute Gasteiger partial charge is 0.286 e.